The smallest absolute Gasteiger partial charge is 0.307 e. The summed E-state index contributed by atoms with van der Waals surface area (Å²) in [7, 11) is 2.91. The summed E-state index contributed by atoms with van der Waals surface area (Å²) in [6.45, 7) is 0. The number of fused-ring (bicyclic) bond motifs is 1. The fourth-order valence-electron chi connectivity index (χ4n) is 2.92. The molecule has 0 spiro atoms. The molecule has 0 saturated carbocycles. The molecule has 30 heavy (non-hydrogen) atoms. The predicted octanol–water partition coefficient (Wildman–Crippen LogP) is 3.62. The van der Waals surface area contributed by atoms with Crippen molar-refractivity contribution in [3.05, 3.63) is 64.9 Å². The van der Waals surface area contributed by atoms with Gasteiger partial charge in [-0.2, -0.15) is 9.37 Å². The van der Waals surface area contributed by atoms with Crippen LogP contribution < -0.4 is 14.8 Å². The van der Waals surface area contributed by atoms with Gasteiger partial charge in [0.15, 0.2) is 0 Å². The minimum Gasteiger partial charge on any atom is -0.497 e. The number of aromatic nitrogens is 4. The molecule has 0 radical (unpaired) electrons. The molecule has 0 atom stereocenters. The second-order valence-corrected chi connectivity index (χ2v) is 6.09. The van der Waals surface area contributed by atoms with Crippen LogP contribution in [0.2, 0.25) is 0 Å². The van der Waals surface area contributed by atoms with Crippen LogP contribution in [0.3, 0.4) is 0 Å². The molecular weight excluding hydrogens is 395 g/mol. The van der Waals surface area contributed by atoms with Crippen molar-refractivity contribution in [2.75, 3.05) is 19.5 Å². The van der Waals surface area contributed by atoms with Gasteiger partial charge in [-0.3, -0.25) is 14.7 Å². The zero-order valence-corrected chi connectivity index (χ0v) is 15.9. The van der Waals surface area contributed by atoms with Gasteiger partial charge in [0.1, 0.15) is 23.6 Å². The van der Waals surface area contributed by atoms with Crippen LogP contribution in [0.5, 0.6) is 11.5 Å². The maximum Gasteiger partial charge on any atom is 0.307 e. The fourth-order valence-corrected chi connectivity index (χ4v) is 2.92. The van der Waals surface area contributed by atoms with Crippen molar-refractivity contribution >= 4 is 28.4 Å². The van der Waals surface area contributed by atoms with E-state index in [2.05, 4.69) is 20.3 Å². The van der Waals surface area contributed by atoms with Crippen LogP contribution in [-0.4, -0.2) is 38.7 Å². The van der Waals surface area contributed by atoms with Gasteiger partial charge in [-0.15, -0.1) is 0 Å². The Hall–Kier alpha value is -4.28. The van der Waals surface area contributed by atoms with Crippen molar-refractivity contribution < 1.29 is 18.8 Å². The number of nitro benzene ring substituents is 1. The largest absolute Gasteiger partial charge is 0.497 e. The highest BCUT2D eigenvalue weighted by atomic mass is 19.1. The Kier molecular flexibility index (Phi) is 4.84. The molecule has 1 N–H and O–H groups in total. The first-order chi connectivity index (χ1) is 14.5. The summed E-state index contributed by atoms with van der Waals surface area (Å²) in [5.41, 5.74) is 0.987. The van der Waals surface area contributed by atoms with Crippen LogP contribution in [0.1, 0.15) is 0 Å². The second kappa shape index (κ2) is 7.62. The molecule has 2 aromatic carbocycles. The Morgan fingerprint density at radius 1 is 1.13 bits per heavy atom. The molecule has 0 bridgehead atoms. The van der Waals surface area contributed by atoms with Crippen LogP contribution >= 0.6 is 0 Å². The van der Waals surface area contributed by atoms with Crippen LogP contribution in [-0.2, 0) is 0 Å². The lowest BCUT2D eigenvalue weighted by molar-refractivity contribution is -0.387. The van der Waals surface area contributed by atoms with Gasteiger partial charge in [-0.05, 0) is 18.2 Å². The van der Waals surface area contributed by atoms with Gasteiger partial charge in [0, 0.05) is 24.4 Å². The Balaban J connectivity index is 1.72. The number of hydrogen-bond donors (Lipinski definition) is 1. The van der Waals surface area contributed by atoms with E-state index in [4.69, 9.17) is 9.47 Å². The molecule has 4 rings (SSSR count). The third-order valence-corrected chi connectivity index (χ3v) is 4.35. The molecule has 2 heterocycles. The summed E-state index contributed by atoms with van der Waals surface area (Å²) in [6.07, 6.45) is 3.13. The Labute approximate surface area is 169 Å². The third kappa shape index (κ3) is 3.43. The lowest BCUT2D eigenvalue weighted by Crippen LogP contribution is -2.04. The van der Waals surface area contributed by atoms with Crippen molar-refractivity contribution in [2.24, 2.45) is 0 Å². The van der Waals surface area contributed by atoms with Crippen molar-refractivity contribution in [1.29, 1.82) is 0 Å². The molecule has 0 aliphatic heterocycles. The standard InChI is InChI=1S/C19H15FN6O4/c1-29-11-3-4-15-13(7-11)22-10-25(15)18-5-6-21-19(24-18)23-14-9-16(26(27)28)12(20)8-17(14)30-2/h3-10H,1-2H3,(H,21,23,24). The highest BCUT2D eigenvalue weighted by molar-refractivity contribution is 5.78. The molecule has 2 aromatic heterocycles. The molecule has 0 aliphatic carbocycles. The van der Waals surface area contributed by atoms with E-state index in [-0.39, 0.29) is 17.4 Å². The second-order valence-electron chi connectivity index (χ2n) is 6.09. The van der Waals surface area contributed by atoms with Crippen LogP contribution in [0.4, 0.5) is 21.7 Å². The Morgan fingerprint density at radius 3 is 2.70 bits per heavy atom. The zero-order valence-electron chi connectivity index (χ0n) is 15.9. The van der Waals surface area contributed by atoms with E-state index in [0.29, 0.717) is 11.6 Å². The topological polar surface area (TPSA) is 117 Å². The molecule has 10 nitrogen and oxygen atoms in total. The van der Waals surface area contributed by atoms with Gasteiger partial charge >= 0.3 is 5.69 Å². The Bertz CT molecular complexity index is 1260. The van der Waals surface area contributed by atoms with Gasteiger partial charge in [-0.1, -0.05) is 0 Å². The molecule has 4 aromatic rings. The number of ether oxygens (including phenoxy) is 2. The monoisotopic (exact) mass is 410 g/mol. The number of imidazole rings is 1. The quantitative estimate of drug-likeness (QED) is 0.378. The van der Waals surface area contributed by atoms with Crippen LogP contribution in [0, 0.1) is 15.9 Å². The molecule has 0 unspecified atom stereocenters. The van der Waals surface area contributed by atoms with E-state index >= 15 is 0 Å². The number of anilines is 2. The third-order valence-electron chi connectivity index (χ3n) is 4.35. The summed E-state index contributed by atoms with van der Waals surface area (Å²) in [6, 6.07) is 9.10. The average molecular weight is 410 g/mol. The molecule has 0 fully saturated rings. The minimum atomic E-state index is -1.00. The summed E-state index contributed by atoms with van der Waals surface area (Å²) in [4.78, 5) is 23.1. The van der Waals surface area contributed by atoms with E-state index in [1.807, 2.05) is 12.1 Å². The molecule has 0 amide bonds. The Morgan fingerprint density at radius 2 is 1.97 bits per heavy atom. The SMILES string of the molecule is COc1ccc2c(c1)ncn2-c1ccnc(Nc2cc([N+](=O)[O-])c(F)cc2OC)n1. The molecule has 11 heteroatoms. The number of methoxy groups -OCH3 is 2. The molecule has 152 valence electrons. The maximum atomic E-state index is 13.9. The predicted molar refractivity (Wildman–Crippen MR) is 106 cm³/mol. The highest BCUT2D eigenvalue weighted by Gasteiger charge is 2.19. The van der Waals surface area contributed by atoms with Crippen molar-refractivity contribution in [2.45, 2.75) is 0 Å². The minimum absolute atomic E-state index is 0.0762. The number of rotatable bonds is 6. The zero-order chi connectivity index (χ0) is 21.3. The van der Waals surface area contributed by atoms with E-state index < -0.39 is 16.4 Å². The van der Waals surface area contributed by atoms with Crippen molar-refractivity contribution in [3.63, 3.8) is 0 Å². The van der Waals surface area contributed by atoms with Gasteiger partial charge in [0.2, 0.25) is 11.8 Å². The lowest BCUT2D eigenvalue weighted by Gasteiger charge is -2.11. The number of nitrogens with one attached hydrogen (secondary N) is 1. The summed E-state index contributed by atoms with van der Waals surface area (Å²) < 4.78 is 25.9. The molecule has 0 aliphatic rings. The first kappa shape index (κ1) is 19.1. The number of benzene rings is 2. The van der Waals surface area contributed by atoms with Crippen molar-refractivity contribution in [1.82, 2.24) is 19.5 Å². The normalized spacial score (nSPS) is 10.8. The van der Waals surface area contributed by atoms with Gasteiger partial charge in [-0.25, -0.2) is 9.97 Å². The highest BCUT2D eigenvalue weighted by Crippen LogP contribution is 2.33. The molecular formula is C19H15FN6O4. The van der Waals surface area contributed by atoms with E-state index in [0.717, 1.165) is 23.2 Å². The maximum absolute atomic E-state index is 13.9. The van der Waals surface area contributed by atoms with E-state index in [9.17, 15) is 14.5 Å². The summed E-state index contributed by atoms with van der Waals surface area (Å²) >= 11 is 0. The average Bonchev–Trinajstić information content (AvgIpc) is 3.17. The number of hydrogen-bond acceptors (Lipinski definition) is 8. The van der Waals surface area contributed by atoms with E-state index in [1.165, 1.54) is 13.3 Å². The first-order valence-electron chi connectivity index (χ1n) is 8.63. The number of nitrogens with zero attached hydrogens (tertiary/aromatic N) is 5. The van der Waals surface area contributed by atoms with Crippen molar-refractivity contribution in [3.8, 4) is 17.3 Å². The molecule has 0 saturated heterocycles. The number of nitro groups is 1. The lowest BCUT2D eigenvalue weighted by atomic mass is 10.2. The summed E-state index contributed by atoms with van der Waals surface area (Å²) in [5.74, 6) is 0.408. The van der Waals surface area contributed by atoms with Crippen LogP contribution in [0.25, 0.3) is 16.9 Å². The van der Waals surface area contributed by atoms with Gasteiger partial charge in [0.05, 0.1) is 35.9 Å². The van der Waals surface area contributed by atoms with Crippen LogP contribution in [0.15, 0.2) is 48.9 Å². The fraction of sp³-hybridized carbons (Fsp3) is 0.105. The van der Waals surface area contributed by atoms with Gasteiger partial charge < -0.3 is 14.8 Å². The van der Waals surface area contributed by atoms with E-state index in [1.54, 1.807) is 30.1 Å². The van der Waals surface area contributed by atoms with Gasteiger partial charge in [0.25, 0.3) is 0 Å². The summed E-state index contributed by atoms with van der Waals surface area (Å²) in [5, 5.41) is 13.9. The first-order valence-corrected chi connectivity index (χ1v) is 8.63. The number of halogens is 1.